The average Bonchev–Trinajstić information content (AvgIpc) is 2.50. The van der Waals surface area contributed by atoms with Gasteiger partial charge in [0.05, 0.1) is 5.54 Å². The Morgan fingerprint density at radius 2 is 1.67 bits per heavy atom. The number of benzene rings is 1. The minimum absolute atomic E-state index is 0.159. The van der Waals surface area contributed by atoms with E-state index in [1.54, 1.807) is 0 Å². The summed E-state index contributed by atoms with van der Waals surface area (Å²) in [6.07, 6.45) is 7.46. The molecule has 118 valence electrons. The number of hydrogen-bond acceptors (Lipinski definition) is 2. The van der Waals surface area contributed by atoms with Crippen molar-refractivity contribution in [2.45, 2.75) is 64.8 Å². The predicted molar refractivity (Wildman–Crippen MR) is 92.7 cm³/mol. The van der Waals surface area contributed by atoms with Gasteiger partial charge in [0.15, 0.2) is 0 Å². The first-order valence-corrected chi connectivity index (χ1v) is 8.56. The molecule has 0 radical (unpaired) electrons. The number of para-hydroxylation sites is 1. The van der Waals surface area contributed by atoms with Gasteiger partial charge in [-0.15, -0.1) is 0 Å². The molecule has 1 aromatic carbocycles. The summed E-state index contributed by atoms with van der Waals surface area (Å²) in [4.78, 5) is 2.62. The lowest BCUT2D eigenvalue weighted by Gasteiger charge is -2.51. The summed E-state index contributed by atoms with van der Waals surface area (Å²) in [5.41, 5.74) is 8.28. The van der Waals surface area contributed by atoms with Crippen molar-refractivity contribution in [3.05, 3.63) is 30.3 Å². The van der Waals surface area contributed by atoms with E-state index in [1.807, 2.05) is 0 Å². The first-order valence-electron chi connectivity index (χ1n) is 8.56. The fourth-order valence-electron chi connectivity index (χ4n) is 3.54. The molecule has 1 aliphatic rings. The molecule has 0 bridgehead atoms. The molecule has 0 heterocycles. The molecule has 2 nitrogen and oxygen atoms in total. The first-order chi connectivity index (χ1) is 10.0. The molecule has 0 aromatic heterocycles. The summed E-state index contributed by atoms with van der Waals surface area (Å²) >= 11 is 0. The molecule has 21 heavy (non-hydrogen) atoms. The van der Waals surface area contributed by atoms with E-state index in [1.165, 1.54) is 44.2 Å². The summed E-state index contributed by atoms with van der Waals surface area (Å²) in [5, 5.41) is 0. The number of hydrogen-bond donors (Lipinski definition) is 1. The predicted octanol–water partition coefficient (Wildman–Crippen LogP) is 4.59. The highest BCUT2D eigenvalue weighted by atomic mass is 15.2. The van der Waals surface area contributed by atoms with Crippen molar-refractivity contribution in [1.29, 1.82) is 0 Å². The van der Waals surface area contributed by atoms with Crippen molar-refractivity contribution in [3.8, 4) is 0 Å². The molecule has 0 unspecified atom stereocenters. The van der Waals surface area contributed by atoms with Crippen LogP contribution in [0, 0.1) is 5.41 Å². The highest BCUT2D eigenvalue weighted by molar-refractivity contribution is 5.49. The Kier molecular flexibility index (Phi) is 5.32. The Hall–Kier alpha value is -1.02. The van der Waals surface area contributed by atoms with Crippen LogP contribution in [0.15, 0.2) is 30.3 Å². The molecule has 2 rings (SSSR count). The Balaban J connectivity index is 2.25. The van der Waals surface area contributed by atoms with Crippen molar-refractivity contribution in [3.63, 3.8) is 0 Å². The molecule has 0 saturated heterocycles. The molecule has 0 atom stereocenters. The van der Waals surface area contributed by atoms with Crippen LogP contribution in [-0.4, -0.2) is 18.6 Å². The van der Waals surface area contributed by atoms with Crippen LogP contribution < -0.4 is 10.6 Å². The van der Waals surface area contributed by atoms with Gasteiger partial charge in [-0.1, -0.05) is 45.4 Å². The third kappa shape index (κ3) is 3.79. The van der Waals surface area contributed by atoms with E-state index >= 15 is 0 Å². The topological polar surface area (TPSA) is 29.3 Å². The zero-order valence-corrected chi connectivity index (χ0v) is 14.1. The molecule has 1 aliphatic carbocycles. The van der Waals surface area contributed by atoms with Gasteiger partial charge in [-0.05, 0) is 49.7 Å². The Bertz CT molecular complexity index is 414. The maximum absolute atomic E-state index is 6.30. The van der Waals surface area contributed by atoms with Gasteiger partial charge < -0.3 is 10.6 Å². The van der Waals surface area contributed by atoms with Gasteiger partial charge in [-0.2, -0.15) is 0 Å². The molecule has 1 aromatic rings. The molecule has 1 fully saturated rings. The summed E-state index contributed by atoms with van der Waals surface area (Å²) in [7, 11) is 0. The van der Waals surface area contributed by atoms with E-state index in [9.17, 15) is 0 Å². The Labute approximate surface area is 130 Å². The van der Waals surface area contributed by atoms with Crippen LogP contribution in [0.1, 0.15) is 59.3 Å². The monoisotopic (exact) mass is 288 g/mol. The number of unbranched alkanes of at least 4 members (excludes halogenated alkanes) is 1. The minimum Gasteiger partial charge on any atom is -0.365 e. The quantitative estimate of drug-likeness (QED) is 0.829. The SMILES string of the molecule is CCCCN(c1ccccc1)C1(CN)CCC(C)(C)CC1. The molecular formula is C19H32N2. The van der Waals surface area contributed by atoms with Crippen molar-refractivity contribution in [1.82, 2.24) is 0 Å². The van der Waals surface area contributed by atoms with E-state index in [0.29, 0.717) is 5.41 Å². The van der Waals surface area contributed by atoms with E-state index in [-0.39, 0.29) is 5.54 Å². The maximum Gasteiger partial charge on any atom is 0.0524 e. The number of anilines is 1. The van der Waals surface area contributed by atoms with Crippen LogP contribution in [0.25, 0.3) is 0 Å². The lowest BCUT2D eigenvalue weighted by molar-refractivity contribution is 0.161. The van der Waals surface area contributed by atoms with Crippen molar-refractivity contribution >= 4 is 5.69 Å². The van der Waals surface area contributed by atoms with Gasteiger partial charge in [0.2, 0.25) is 0 Å². The zero-order chi connectivity index (χ0) is 15.3. The van der Waals surface area contributed by atoms with Crippen LogP contribution in [-0.2, 0) is 0 Å². The molecule has 2 heteroatoms. The third-order valence-electron chi connectivity index (χ3n) is 5.29. The highest BCUT2D eigenvalue weighted by Crippen LogP contribution is 2.44. The van der Waals surface area contributed by atoms with E-state index in [0.717, 1.165) is 13.1 Å². The molecule has 0 amide bonds. The Morgan fingerprint density at radius 3 is 2.19 bits per heavy atom. The summed E-state index contributed by atoms with van der Waals surface area (Å²) in [5.74, 6) is 0. The Morgan fingerprint density at radius 1 is 1.05 bits per heavy atom. The van der Waals surface area contributed by atoms with Crippen molar-refractivity contribution in [2.75, 3.05) is 18.0 Å². The van der Waals surface area contributed by atoms with Crippen molar-refractivity contribution in [2.24, 2.45) is 11.1 Å². The van der Waals surface area contributed by atoms with Gasteiger partial charge in [0.25, 0.3) is 0 Å². The standard InChI is InChI=1S/C19H32N2/c1-4-5-15-21(17-9-7-6-8-10-17)19(16-20)13-11-18(2,3)12-14-19/h6-10H,4-5,11-16,20H2,1-3H3. The van der Waals surface area contributed by atoms with Crippen LogP contribution in [0.2, 0.25) is 0 Å². The minimum atomic E-state index is 0.159. The second-order valence-electron chi connectivity index (χ2n) is 7.43. The van der Waals surface area contributed by atoms with E-state index in [4.69, 9.17) is 5.73 Å². The van der Waals surface area contributed by atoms with Gasteiger partial charge in [-0.3, -0.25) is 0 Å². The molecular weight excluding hydrogens is 256 g/mol. The molecule has 0 aliphatic heterocycles. The summed E-state index contributed by atoms with van der Waals surface area (Å²) < 4.78 is 0. The lowest BCUT2D eigenvalue weighted by atomic mass is 9.68. The van der Waals surface area contributed by atoms with Gasteiger partial charge >= 0.3 is 0 Å². The third-order valence-corrected chi connectivity index (χ3v) is 5.29. The highest BCUT2D eigenvalue weighted by Gasteiger charge is 2.41. The number of nitrogens with two attached hydrogens (primary N) is 1. The maximum atomic E-state index is 6.30. The first kappa shape index (κ1) is 16.4. The fraction of sp³-hybridized carbons (Fsp3) is 0.684. The lowest BCUT2D eigenvalue weighted by Crippen LogP contribution is -2.57. The van der Waals surface area contributed by atoms with Gasteiger partial charge in [0, 0.05) is 18.8 Å². The normalized spacial score (nSPS) is 20.2. The van der Waals surface area contributed by atoms with Crippen LogP contribution in [0.3, 0.4) is 0 Å². The van der Waals surface area contributed by atoms with Crippen molar-refractivity contribution < 1.29 is 0 Å². The second kappa shape index (κ2) is 6.83. The van der Waals surface area contributed by atoms with Crippen LogP contribution >= 0.6 is 0 Å². The van der Waals surface area contributed by atoms with Crippen LogP contribution in [0.4, 0.5) is 5.69 Å². The van der Waals surface area contributed by atoms with E-state index in [2.05, 4.69) is 56.0 Å². The number of nitrogens with zero attached hydrogens (tertiary/aromatic N) is 1. The second-order valence-corrected chi connectivity index (χ2v) is 7.43. The average molecular weight is 288 g/mol. The largest absolute Gasteiger partial charge is 0.365 e. The van der Waals surface area contributed by atoms with Crippen LogP contribution in [0.5, 0.6) is 0 Å². The van der Waals surface area contributed by atoms with E-state index < -0.39 is 0 Å². The summed E-state index contributed by atoms with van der Waals surface area (Å²) in [6, 6.07) is 10.9. The fourth-order valence-corrected chi connectivity index (χ4v) is 3.54. The number of rotatable bonds is 6. The van der Waals surface area contributed by atoms with Gasteiger partial charge in [-0.25, -0.2) is 0 Å². The molecule has 2 N–H and O–H groups in total. The van der Waals surface area contributed by atoms with Gasteiger partial charge in [0.1, 0.15) is 0 Å². The smallest absolute Gasteiger partial charge is 0.0524 e. The zero-order valence-electron chi connectivity index (χ0n) is 14.1. The molecule has 1 saturated carbocycles. The summed E-state index contributed by atoms with van der Waals surface area (Å²) in [6.45, 7) is 8.95. The molecule has 0 spiro atoms.